The summed E-state index contributed by atoms with van der Waals surface area (Å²) in [5.41, 5.74) is 0.442. The van der Waals surface area contributed by atoms with Crippen LogP contribution in [0.2, 0.25) is 0 Å². The van der Waals surface area contributed by atoms with E-state index in [2.05, 4.69) is 50.5 Å². The Morgan fingerprint density at radius 3 is 1.23 bits per heavy atom. The van der Waals surface area contributed by atoms with Crippen LogP contribution in [-0.2, 0) is 34.0 Å². The number of halogens is 2. The maximum atomic E-state index is 12.0. The Labute approximate surface area is 411 Å². The fourth-order valence-corrected chi connectivity index (χ4v) is 5.68. The fourth-order valence-electron chi connectivity index (χ4n) is 5.12. The molecular formula is C48H38Br2O20. The number of carbonyl (C=O) groups excluding carboxylic acids is 3. The molecule has 0 aliphatic rings. The van der Waals surface area contributed by atoms with Crippen molar-refractivity contribution in [2.45, 2.75) is 19.8 Å². The molecule has 0 aliphatic heterocycles. The number of hydrogen-bond acceptors (Lipinski definition) is 19. The zero-order valence-corrected chi connectivity index (χ0v) is 39.9. The molecule has 0 fully saturated rings. The average molecular weight is 1090 g/mol. The number of aromatic hydroxyl groups is 1. The lowest BCUT2D eigenvalue weighted by atomic mass is 10.2. The Hall–Kier alpha value is -8.50. The highest BCUT2D eigenvalue weighted by Gasteiger charge is 2.23. The number of carboxylic acids is 1. The van der Waals surface area contributed by atoms with E-state index < -0.39 is 62.9 Å². The van der Waals surface area contributed by atoms with Crippen molar-refractivity contribution < 1.29 is 75.5 Å². The van der Waals surface area contributed by atoms with Crippen LogP contribution in [0.25, 0.3) is 0 Å². The normalized spacial score (nSPS) is 9.96. The van der Waals surface area contributed by atoms with E-state index in [1.807, 2.05) is 91.0 Å². The highest BCUT2D eigenvalue weighted by atomic mass is 79.9. The van der Waals surface area contributed by atoms with E-state index in [0.717, 1.165) is 54.9 Å². The minimum Gasteiger partial charge on any atom is -0.501 e. The van der Waals surface area contributed by atoms with Crippen LogP contribution < -0.4 is 35.9 Å². The SMILES string of the molecule is COC(=O)c1occ(Br)c(=O)c1O.COC(=O)c1occ(Br)c(=O)c1OCc1ccccc1.COC(=O)c1occc(=O)c1OCc1ccccc1.O=C(O)c1occc(=O)c1OCc1ccccc1. The van der Waals surface area contributed by atoms with E-state index >= 15 is 0 Å². The summed E-state index contributed by atoms with van der Waals surface area (Å²) in [5, 5.41) is 18.0. The van der Waals surface area contributed by atoms with Gasteiger partial charge in [0, 0.05) is 12.1 Å². The lowest BCUT2D eigenvalue weighted by molar-refractivity contribution is 0.0544. The third-order valence-electron chi connectivity index (χ3n) is 8.49. The van der Waals surface area contributed by atoms with E-state index in [1.54, 1.807) is 0 Å². The molecule has 4 heterocycles. The maximum Gasteiger partial charge on any atom is 0.378 e. The fraction of sp³-hybridized carbons (Fsp3) is 0.125. The Balaban J connectivity index is 0.000000205. The van der Waals surface area contributed by atoms with E-state index in [9.17, 15) is 38.4 Å². The number of ether oxygens (including phenoxy) is 6. The second-order valence-corrected chi connectivity index (χ2v) is 14.9. The van der Waals surface area contributed by atoms with Gasteiger partial charge in [-0.2, -0.15) is 0 Å². The molecule has 0 radical (unpaired) electrons. The second-order valence-electron chi connectivity index (χ2n) is 13.2. The van der Waals surface area contributed by atoms with Crippen molar-refractivity contribution in [2.75, 3.05) is 21.3 Å². The molecule has 0 spiro atoms. The van der Waals surface area contributed by atoms with Crippen molar-refractivity contribution in [2.24, 2.45) is 0 Å². The van der Waals surface area contributed by atoms with Gasteiger partial charge < -0.3 is 56.3 Å². The van der Waals surface area contributed by atoms with Crippen LogP contribution in [0.5, 0.6) is 23.0 Å². The Morgan fingerprint density at radius 1 is 0.471 bits per heavy atom. The van der Waals surface area contributed by atoms with Gasteiger partial charge in [-0.3, -0.25) is 19.2 Å². The number of methoxy groups -OCH3 is 3. The standard InChI is InChI=1S/C14H11BrO5.C14H12O5.C13H10O5.C7H5BrO5/c1-18-14(17)13-12(11(16)10(15)8-20-13)19-7-9-5-3-2-4-6-9;1-17-14(16)13-12(11(15)7-8-18-13)19-9-10-5-3-2-4-6-10;14-10-6-7-17-12(13(15)16)11(10)18-8-9-4-2-1-3-5-9;1-12-7(11)6-5(10)4(9)3(8)2-13-6/h2-6,8H,7H2,1H3;2-8H,9H2,1H3;1-7H,8H2,(H,15,16);2,10H,1H3. The van der Waals surface area contributed by atoms with Crippen molar-refractivity contribution in [3.63, 3.8) is 0 Å². The van der Waals surface area contributed by atoms with Crippen molar-refractivity contribution >= 4 is 55.7 Å². The predicted molar refractivity (Wildman–Crippen MR) is 250 cm³/mol. The molecule has 0 saturated carbocycles. The molecule has 4 aromatic heterocycles. The zero-order valence-electron chi connectivity index (χ0n) is 36.7. The molecule has 20 nitrogen and oxygen atoms in total. The van der Waals surface area contributed by atoms with Crippen LogP contribution in [0.15, 0.2) is 174 Å². The smallest absolute Gasteiger partial charge is 0.378 e. The molecule has 3 aromatic carbocycles. The van der Waals surface area contributed by atoms with Crippen molar-refractivity contribution in [3.8, 4) is 23.0 Å². The molecule has 22 heteroatoms. The number of carbonyl (C=O) groups is 4. The highest BCUT2D eigenvalue weighted by Crippen LogP contribution is 2.21. The van der Waals surface area contributed by atoms with Crippen molar-refractivity contribution in [1.29, 1.82) is 0 Å². The number of esters is 3. The Bertz CT molecular complexity index is 3110. The summed E-state index contributed by atoms with van der Waals surface area (Å²) in [7, 11) is 3.52. The van der Waals surface area contributed by atoms with Gasteiger partial charge in [-0.25, -0.2) is 19.2 Å². The maximum absolute atomic E-state index is 12.0. The molecule has 2 N–H and O–H groups in total. The third-order valence-corrected chi connectivity index (χ3v) is 9.59. The summed E-state index contributed by atoms with van der Waals surface area (Å²) in [6.07, 6.45) is 4.30. The molecule has 0 atom stereocenters. The third kappa shape index (κ3) is 15.5. The zero-order chi connectivity index (χ0) is 51.2. The topological polar surface area (TPSA) is 285 Å². The van der Waals surface area contributed by atoms with E-state index in [0.29, 0.717) is 0 Å². The average Bonchev–Trinajstić information content (AvgIpc) is 3.38. The molecular weight excluding hydrogens is 1060 g/mol. The largest absolute Gasteiger partial charge is 0.501 e. The second kappa shape index (κ2) is 27.3. The number of aromatic carboxylic acids is 1. The van der Waals surface area contributed by atoms with Gasteiger partial charge in [-0.1, -0.05) is 91.0 Å². The summed E-state index contributed by atoms with van der Waals surface area (Å²) < 4.78 is 49.0. The van der Waals surface area contributed by atoms with Gasteiger partial charge in [0.15, 0.2) is 0 Å². The molecule has 0 amide bonds. The highest BCUT2D eigenvalue weighted by molar-refractivity contribution is 9.10. The van der Waals surface area contributed by atoms with E-state index in [4.69, 9.17) is 37.7 Å². The minimum absolute atomic E-state index is 0.0395. The van der Waals surface area contributed by atoms with Gasteiger partial charge in [0.05, 0.1) is 33.9 Å². The molecule has 0 unspecified atom stereocenters. The van der Waals surface area contributed by atoms with Crippen LogP contribution in [0, 0.1) is 0 Å². The van der Waals surface area contributed by atoms with Gasteiger partial charge >= 0.3 is 23.9 Å². The summed E-state index contributed by atoms with van der Waals surface area (Å²) >= 11 is 5.87. The number of carboxylic acid groups (broad SMARTS) is 1. The van der Waals surface area contributed by atoms with Crippen LogP contribution in [-0.4, -0.2) is 55.4 Å². The predicted octanol–water partition coefficient (Wildman–Crippen LogP) is 7.58. The van der Waals surface area contributed by atoms with Gasteiger partial charge in [-0.05, 0) is 48.6 Å². The molecule has 7 aromatic rings. The first kappa shape index (κ1) is 54.1. The minimum atomic E-state index is -1.34. The first-order valence-corrected chi connectivity index (χ1v) is 21.2. The molecule has 364 valence electrons. The first-order valence-electron chi connectivity index (χ1n) is 19.6. The van der Waals surface area contributed by atoms with Gasteiger partial charge in [0.2, 0.25) is 44.7 Å². The van der Waals surface area contributed by atoms with Crippen LogP contribution >= 0.6 is 31.9 Å². The first-order chi connectivity index (χ1) is 33.6. The summed E-state index contributed by atoms with van der Waals surface area (Å²) in [6.45, 7) is 0.418. The van der Waals surface area contributed by atoms with Crippen molar-refractivity contribution in [1.82, 2.24) is 0 Å². The summed E-state index contributed by atoms with van der Waals surface area (Å²) in [4.78, 5) is 91.0. The van der Waals surface area contributed by atoms with Gasteiger partial charge in [0.1, 0.15) is 41.3 Å². The summed E-state index contributed by atoms with van der Waals surface area (Å²) in [6, 6.07) is 30.0. The molecule has 70 heavy (non-hydrogen) atoms. The van der Waals surface area contributed by atoms with Crippen molar-refractivity contribution in [3.05, 3.63) is 218 Å². The Morgan fingerprint density at radius 2 is 0.814 bits per heavy atom. The molecule has 0 bridgehead atoms. The Kier molecular flexibility index (Phi) is 21.1. The molecule has 0 saturated heterocycles. The lowest BCUT2D eigenvalue weighted by Crippen LogP contribution is -2.15. The van der Waals surface area contributed by atoms with E-state index in [-0.39, 0.29) is 57.5 Å². The number of benzene rings is 3. The van der Waals surface area contributed by atoms with Gasteiger partial charge in [0.25, 0.3) is 23.0 Å². The lowest BCUT2D eigenvalue weighted by Gasteiger charge is -2.08. The monoisotopic (exact) mass is 1090 g/mol. The van der Waals surface area contributed by atoms with Crippen LogP contribution in [0.4, 0.5) is 0 Å². The quantitative estimate of drug-likeness (QED) is 0.0830. The number of hydrogen-bond donors (Lipinski definition) is 2. The van der Waals surface area contributed by atoms with Gasteiger partial charge in [-0.15, -0.1) is 0 Å². The van der Waals surface area contributed by atoms with E-state index in [1.165, 1.54) is 20.3 Å². The molecule has 7 rings (SSSR count). The number of rotatable bonds is 13. The molecule has 0 aliphatic carbocycles. The van der Waals surface area contributed by atoms with Crippen LogP contribution in [0.1, 0.15) is 58.9 Å². The van der Waals surface area contributed by atoms with Crippen LogP contribution in [0.3, 0.4) is 0 Å². The summed E-state index contributed by atoms with van der Waals surface area (Å²) in [5.74, 6) is -6.59.